The zero-order valence-electron chi connectivity index (χ0n) is 20.8. The number of nitrogens with zero attached hydrogens (tertiary/aromatic N) is 1. The SMILES string of the molecule is COc1ccc(/C(O)=C2/C(=O)C(=O)N(Cc3ccccc3OC)C2c2ccc(OC)c(OC)c2)cc1Br. The molecule has 0 aromatic heterocycles. The van der Waals surface area contributed by atoms with Gasteiger partial charge in [-0.3, -0.25) is 9.59 Å². The van der Waals surface area contributed by atoms with Gasteiger partial charge in [-0.2, -0.15) is 0 Å². The molecular weight excluding hydrogens is 542 g/mol. The minimum Gasteiger partial charge on any atom is -0.507 e. The van der Waals surface area contributed by atoms with Gasteiger partial charge in [0.15, 0.2) is 11.5 Å². The number of hydrogen-bond donors (Lipinski definition) is 1. The van der Waals surface area contributed by atoms with Gasteiger partial charge in [-0.25, -0.2) is 0 Å². The van der Waals surface area contributed by atoms with Gasteiger partial charge in [-0.1, -0.05) is 24.3 Å². The third-order valence-corrected chi connectivity index (χ3v) is 6.84. The van der Waals surface area contributed by atoms with E-state index in [1.54, 1.807) is 49.6 Å². The Bertz CT molecular complexity index is 1380. The van der Waals surface area contributed by atoms with Crippen molar-refractivity contribution in [3.05, 3.63) is 87.4 Å². The first-order valence-electron chi connectivity index (χ1n) is 11.3. The summed E-state index contributed by atoms with van der Waals surface area (Å²) in [6, 6.07) is 16.4. The van der Waals surface area contributed by atoms with E-state index in [1.807, 2.05) is 18.2 Å². The molecule has 1 fully saturated rings. The molecule has 3 aromatic rings. The van der Waals surface area contributed by atoms with E-state index in [4.69, 9.17) is 18.9 Å². The van der Waals surface area contributed by atoms with Gasteiger partial charge in [-0.05, 0) is 57.9 Å². The van der Waals surface area contributed by atoms with Crippen LogP contribution in [0.25, 0.3) is 5.76 Å². The molecule has 9 heteroatoms. The Hall–Kier alpha value is -3.98. The van der Waals surface area contributed by atoms with Crippen molar-refractivity contribution in [3.63, 3.8) is 0 Å². The summed E-state index contributed by atoms with van der Waals surface area (Å²) in [6.07, 6.45) is 0. The average Bonchev–Trinajstić information content (AvgIpc) is 3.17. The lowest BCUT2D eigenvalue weighted by Crippen LogP contribution is -2.29. The van der Waals surface area contributed by atoms with Crippen LogP contribution in [0.5, 0.6) is 23.0 Å². The highest BCUT2D eigenvalue weighted by atomic mass is 79.9. The fourth-order valence-electron chi connectivity index (χ4n) is 4.40. The van der Waals surface area contributed by atoms with Crippen LogP contribution < -0.4 is 18.9 Å². The molecule has 1 heterocycles. The maximum Gasteiger partial charge on any atom is 0.295 e. The lowest BCUT2D eigenvalue weighted by atomic mass is 9.94. The fraction of sp³-hybridized carbons (Fsp3) is 0.214. The first-order chi connectivity index (χ1) is 17.8. The Balaban J connectivity index is 1.91. The molecule has 0 spiro atoms. The van der Waals surface area contributed by atoms with Gasteiger partial charge in [0.25, 0.3) is 11.7 Å². The number of carbonyl (C=O) groups is 2. The Kier molecular flexibility index (Phi) is 7.73. The molecule has 1 N–H and O–H groups in total. The fourth-order valence-corrected chi connectivity index (χ4v) is 4.94. The van der Waals surface area contributed by atoms with Crippen molar-refractivity contribution in [2.45, 2.75) is 12.6 Å². The minimum absolute atomic E-state index is 0.0378. The Morgan fingerprint density at radius 1 is 0.838 bits per heavy atom. The molecule has 1 atom stereocenters. The number of amides is 1. The van der Waals surface area contributed by atoms with E-state index in [1.165, 1.54) is 26.2 Å². The number of aliphatic hydroxyl groups excluding tert-OH is 1. The van der Waals surface area contributed by atoms with E-state index in [9.17, 15) is 14.7 Å². The molecule has 0 bridgehead atoms. The summed E-state index contributed by atoms with van der Waals surface area (Å²) in [6.45, 7) is 0.0800. The molecule has 1 aliphatic rings. The van der Waals surface area contributed by atoms with E-state index in [0.717, 1.165) is 0 Å². The molecule has 192 valence electrons. The molecule has 37 heavy (non-hydrogen) atoms. The first-order valence-corrected chi connectivity index (χ1v) is 12.1. The number of benzene rings is 3. The summed E-state index contributed by atoms with van der Waals surface area (Å²) in [4.78, 5) is 28.2. The second kappa shape index (κ2) is 11.0. The lowest BCUT2D eigenvalue weighted by molar-refractivity contribution is -0.140. The van der Waals surface area contributed by atoms with Crippen LogP contribution >= 0.6 is 15.9 Å². The number of ether oxygens (including phenoxy) is 4. The molecule has 0 radical (unpaired) electrons. The Morgan fingerprint density at radius 2 is 1.49 bits per heavy atom. The second-order valence-corrected chi connectivity index (χ2v) is 9.06. The Labute approximate surface area is 223 Å². The topological polar surface area (TPSA) is 94.5 Å². The van der Waals surface area contributed by atoms with Crippen LogP contribution in [0.15, 0.2) is 70.7 Å². The van der Waals surface area contributed by atoms with E-state index in [2.05, 4.69) is 15.9 Å². The molecule has 1 aliphatic heterocycles. The third-order valence-electron chi connectivity index (χ3n) is 6.22. The number of hydrogen-bond acceptors (Lipinski definition) is 7. The minimum atomic E-state index is -0.898. The van der Waals surface area contributed by atoms with Crippen molar-refractivity contribution in [1.82, 2.24) is 4.90 Å². The smallest absolute Gasteiger partial charge is 0.295 e. The van der Waals surface area contributed by atoms with E-state index in [0.29, 0.717) is 44.2 Å². The largest absolute Gasteiger partial charge is 0.507 e. The molecule has 4 rings (SSSR count). The summed E-state index contributed by atoms with van der Waals surface area (Å²) < 4.78 is 22.2. The number of halogens is 1. The predicted octanol–water partition coefficient (Wildman–Crippen LogP) is 5.11. The van der Waals surface area contributed by atoms with E-state index in [-0.39, 0.29) is 17.9 Å². The molecule has 1 amide bonds. The summed E-state index contributed by atoms with van der Waals surface area (Å²) in [5.41, 5.74) is 1.60. The average molecular weight is 568 g/mol. The van der Waals surface area contributed by atoms with Gasteiger partial charge in [0, 0.05) is 11.1 Å². The van der Waals surface area contributed by atoms with Crippen LogP contribution in [0.1, 0.15) is 22.7 Å². The van der Waals surface area contributed by atoms with Crippen molar-refractivity contribution < 1.29 is 33.6 Å². The van der Waals surface area contributed by atoms with Crippen LogP contribution in [0.2, 0.25) is 0 Å². The molecule has 0 saturated carbocycles. The van der Waals surface area contributed by atoms with Crippen LogP contribution in [-0.4, -0.2) is 50.1 Å². The molecule has 3 aromatic carbocycles. The number of para-hydroxylation sites is 1. The third kappa shape index (κ3) is 4.86. The number of likely N-dealkylation sites (tertiary alicyclic amines) is 1. The van der Waals surface area contributed by atoms with Crippen molar-refractivity contribution >= 4 is 33.4 Å². The second-order valence-electron chi connectivity index (χ2n) is 8.20. The highest BCUT2D eigenvalue weighted by Gasteiger charge is 2.46. The van der Waals surface area contributed by atoms with Gasteiger partial charge in [0.05, 0.1) is 51.1 Å². The zero-order chi connectivity index (χ0) is 26.7. The van der Waals surface area contributed by atoms with Crippen molar-refractivity contribution in [3.8, 4) is 23.0 Å². The highest BCUT2D eigenvalue weighted by molar-refractivity contribution is 9.10. The molecule has 1 saturated heterocycles. The summed E-state index contributed by atoms with van der Waals surface area (Å²) in [5, 5.41) is 11.4. The van der Waals surface area contributed by atoms with Crippen LogP contribution in [-0.2, 0) is 16.1 Å². The van der Waals surface area contributed by atoms with Crippen LogP contribution in [0.4, 0.5) is 0 Å². The van der Waals surface area contributed by atoms with Gasteiger partial charge in [0.2, 0.25) is 0 Å². The van der Waals surface area contributed by atoms with E-state index < -0.39 is 17.7 Å². The maximum absolute atomic E-state index is 13.4. The molecule has 8 nitrogen and oxygen atoms in total. The first kappa shape index (κ1) is 26.1. The van der Waals surface area contributed by atoms with Gasteiger partial charge in [-0.15, -0.1) is 0 Å². The van der Waals surface area contributed by atoms with Crippen LogP contribution in [0, 0.1) is 0 Å². The predicted molar refractivity (Wildman–Crippen MR) is 141 cm³/mol. The normalized spacial score (nSPS) is 16.6. The Morgan fingerprint density at radius 3 is 2.14 bits per heavy atom. The van der Waals surface area contributed by atoms with Crippen molar-refractivity contribution in [2.24, 2.45) is 0 Å². The summed E-state index contributed by atoms with van der Waals surface area (Å²) >= 11 is 3.41. The summed E-state index contributed by atoms with van der Waals surface area (Å²) in [5.74, 6) is 0.226. The quantitative estimate of drug-likeness (QED) is 0.230. The number of carbonyl (C=O) groups excluding carboxylic acids is 2. The highest BCUT2D eigenvalue weighted by Crippen LogP contribution is 2.43. The van der Waals surface area contributed by atoms with E-state index >= 15 is 0 Å². The monoisotopic (exact) mass is 567 g/mol. The maximum atomic E-state index is 13.4. The molecule has 1 unspecified atom stereocenters. The number of methoxy groups -OCH3 is 4. The number of rotatable bonds is 8. The van der Waals surface area contributed by atoms with Crippen LogP contribution in [0.3, 0.4) is 0 Å². The van der Waals surface area contributed by atoms with Crippen molar-refractivity contribution in [1.29, 1.82) is 0 Å². The van der Waals surface area contributed by atoms with Gasteiger partial charge < -0.3 is 29.0 Å². The molecular formula is C28H26BrNO7. The van der Waals surface area contributed by atoms with Crippen molar-refractivity contribution in [2.75, 3.05) is 28.4 Å². The van der Waals surface area contributed by atoms with Gasteiger partial charge >= 0.3 is 0 Å². The standard InChI is InChI=1S/C28H26BrNO7/c1-34-20-8-6-5-7-18(20)15-30-25(16-9-12-22(36-3)23(14-16)37-4)24(27(32)28(30)33)26(31)17-10-11-21(35-2)19(29)13-17/h5-14,25,31H,15H2,1-4H3/b26-24-. The summed E-state index contributed by atoms with van der Waals surface area (Å²) in [7, 11) is 6.09. The zero-order valence-corrected chi connectivity index (χ0v) is 22.4. The van der Waals surface area contributed by atoms with Gasteiger partial charge in [0.1, 0.15) is 17.3 Å². The number of aliphatic hydroxyl groups is 1. The number of Topliss-reactive ketones (excluding diaryl/α,β-unsaturated/α-hetero) is 1. The number of ketones is 1. The molecule has 0 aliphatic carbocycles. The lowest BCUT2D eigenvalue weighted by Gasteiger charge is -2.26.